The highest BCUT2D eigenvalue weighted by atomic mass is 19.4. The van der Waals surface area contributed by atoms with E-state index in [2.05, 4.69) is 0 Å². The van der Waals surface area contributed by atoms with Crippen molar-refractivity contribution in [1.29, 1.82) is 0 Å². The molecule has 2 aromatic carbocycles. The molecule has 0 bridgehead atoms. The van der Waals surface area contributed by atoms with Crippen LogP contribution in [0.2, 0.25) is 0 Å². The Kier molecular flexibility index (Phi) is 4.66. The molecule has 1 spiro atoms. The van der Waals surface area contributed by atoms with Gasteiger partial charge in [-0.05, 0) is 18.2 Å². The normalized spacial score (nSPS) is 25.5. The van der Waals surface area contributed by atoms with E-state index in [1.54, 1.807) is 13.8 Å². The predicted octanol–water partition coefficient (Wildman–Crippen LogP) is 5.68. The Morgan fingerprint density at radius 2 is 1.71 bits per heavy atom. The molecule has 2 aliphatic rings. The fourth-order valence-electron chi connectivity index (χ4n) is 5.47. The molecule has 1 saturated carbocycles. The summed E-state index contributed by atoms with van der Waals surface area (Å²) in [4.78, 5) is 11.7. The van der Waals surface area contributed by atoms with Crippen molar-refractivity contribution >= 4 is 16.9 Å². The largest absolute Gasteiger partial charge is 0.507 e. The van der Waals surface area contributed by atoms with Crippen molar-refractivity contribution in [2.45, 2.75) is 43.9 Å². The van der Waals surface area contributed by atoms with Gasteiger partial charge < -0.3 is 19.5 Å². The summed E-state index contributed by atoms with van der Waals surface area (Å²) in [6.07, 6.45) is -7.00. The van der Waals surface area contributed by atoms with Crippen LogP contribution in [-0.2, 0) is 20.5 Å². The molecule has 11 heteroatoms. The first-order valence-corrected chi connectivity index (χ1v) is 10.6. The quantitative estimate of drug-likeness (QED) is 0.445. The zero-order chi connectivity index (χ0) is 25.7. The van der Waals surface area contributed by atoms with Gasteiger partial charge in [0.05, 0.1) is 17.7 Å². The molecule has 0 saturated heterocycles. The lowest BCUT2D eigenvalue weighted by molar-refractivity contribution is -0.307. The maximum absolute atomic E-state index is 14.4. The van der Waals surface area contributed by atoms with Crippen molar-refractivity contribution in [3.8, 4) is 11.4 Å². The van der Waals surface area contributed by atoms with Gasteiger partial charge in [0.25, 0.3) is 0 Å². The molecule has 0 amide bonds. The van der Waals surface area contributed by atoms with Crippen molar-refractivity contribution in [3.05, 3.63) is 59.0 Å². The molecule has 1 fully saturated rings. The molecule has 0 unspecified atom stereocenters. The lowest BCUT2D eigenvalue weighted by Crippen LogP contribution is -2.64. The van der Waals surface area contributed by atoms with E-state index in [0.29, 0.717) is 0 Å². The fraction of sp³-hybridized carbons (Fsp3) is 0.375. The summed E-state index contributed by atoms with van der Waals surface area (Å²) in [6.45, 7) is 3.24. The summed E-state index contributed by atoms with van der Waals surface area (Å²) in [5.74, 6) is -5.86. The molecule has 0 atom stereocenters. The minimum Gasteiger partial charge on any atom is -0.507 e. The number of fused-ring (bicyclic) bond motifs is 4. The third kappa shape index (κ3) is 3.03. The third-order valence-electron chi connectivity index (χ3n) is 7.11. The Hall–Kier alpha value is -3.21. The summed E-state index contributed by atoms with van der Waals surface area (Å²) >= 11 is 0. The molecular formula is C24H19F6NO4. The summed E-state index contributed by atoms with van der Waals surface area (Å²) in [5, 5.41) is 20.1. The SMILES string of the molecule is CC1(C)CO[C@]2(C[C@](C(=O)O)(C(F)(F)F)C2)c2c1n(-c1ccc(F)c(F)c1)c1cc(F)cc(O)c12. The van der Waals surface area contributed by atoms with Gasteiger partial charge in [0.15, 0.2) is 17.0 Å². The summed E-state index contributed by atoms with van der Waals surface area (Å²) in [5.41, 5.74) is -5.37. The van der Waals surface area contributed by atoms with Crippen LogP contribution < -0.4 is 0 Å². The van der Waals surface area contributed by atoms with Crippen LogP contribution in [0.3, 0.4) is 0 Å². The van der Waals surface area contributed by atoms with Gasteiger partial charge in [-0.3, -0.25) is 4.79 Å². The number of ether oxygens (including phenoxy) is 1. The monoisotopic (exact) mass is 499 g/mol. The zero-order valence-corrected chi connectivity index (χ0v) is 18.4. The second-order valence-electron chi connectivity index (χ2n) is 9.88. The van der Waals surface area contributed by atoms with Gasteiger partial charge >= 0.3 is 12.1 Å². The van der Waals surface area contributed by atoms with Crippen LogP contribution in [0.5, 0.6) is 5.75 Å². The van der Waals surface area contributed by atoms with Crippen molar-refractivity contribution in [2.75, 3.05) is 6.61 Å². The minimum atomic E-state index is -5.08. The number of aromatic hydroxyl groups is 1. The number of aromatic nitrogens is 1. The average Bonchev–Trinajstić information content (AvgIpc) is 3.05. The van der Waals surface area contributed by atoms with Crippen molar-refractivity contribution in [2.24, 2.45) is 5.41 Å². The van der Waals surface area contributed by atoms with Gasteiger partial charge in [-0.2, -0.15) is 13.2 Å². The number of nitrogens with zero attached hydrogens (tertiary/aromatic N) is 1. The molecule has 2 N–H and O–H groups in total. The van der Waals surface area contributed by atoms with Crippen LogP contribution in [-0.4, -0.2) is 33.5 Å². The second kappa shape index (κ2) is 6.93. The number of carbonyl (C=O) groups is 1. The van der Waals surface area contributed by atoms with Crippen molar-refractivity contribution in [3.63, 3.8) is 0 Å². The number of hydrogen-bond acceptors (Lipinski definition) is 3. The van der Waals surface area contributed by atoms with E-state index in [-0.39, 0.29) is 34.5 Å². The van der Waals surface area contributed by atoms with Crippen LogP contribution in [0, 0.1) is 22.9 Å². The Bertz CT molecular complexity index is 1400. The van der Waals surface area contributed by atoms with Crippen LogP contribution in [0.25, 0.3) is 16.6 Å². The van der Waals surface area contributed by atoms with Crippen LogP contribution >= 0.6 is 0 Å². The van der Waals surface area contributed by atoms with E-state index >= 15 is 0 Å². The Morgan fingerprint density at radius 1 is 1.06 bits per heavy atom. The maximum Gasteiger partial charge on any atom is 0.405 e. The average molecular weight is 499 g/mol. The lowest BCUT2D eigenvalue weighted by atomic mass is 9.54. The number of rotatable bonds is 2. The Labute approximate surface area is 194 Å². The minimum absolute atomic E-state index is 0.00343. The number of benzene rings is 2. The first kappa shape index (κ1) is 23.5. The van der Waals surface area contributed by atoms with E-state index in [0.717, 1.165) is 24.3 Å². The highest BCUT2D eigenvalue weighted by Crippen LogP contribution is 2.67. The molecule has 3 aromatic rings. The predicted molar refractivity (Wildman–Crippen MR) is 111 cm³/mol. The number of aliphatic carboxylic acids is 1. The van der Waals surface area contributed by atoms with Gasteiger partial charge in [0.2, 0.25) is 0 Å². The molecular weight excluding hydrogens is 480 g/mol. The zero-order valence-electron chi connectivity index (χ0n) is 18.4. The van der Waals surface area contributed by atoms with E-state index in [1.807, 2.05) is 0 Å². The van der Waals surface area contributed by atoms with E-state index in [4.69, 9.17) is 4.74 Å². The number of hydrogen-bond donors (Lipinski definition) is 2. The molecule has 1 aromatic heterocycles. The molecule has 1 aliphatic heterocycles. The Balaban J connectivity index is 1.87. The van der Waals surface area contributed by atoms with Gasteiger partial charge in [0.1, 0.15) is 11.6 Å². The smallest absolute Gasteiger partial charge is 0.405 e. The van der Waals surface area contributed by atoms with Crippen molar-refractivity contribution < 1.29 is 46.1 Å². The number of alkyl halides is 3. The molecule has 1 aliphatic carbocycles. The molecule has 5 rings (SSSR count). The second-order valence-corrected chi connectivity index (χ2v) is 9.88. The topological polar surface area (TPSA) is 71.7 Å². The first-order chi connectivity index (χ1) is 16.1. The Morgan fingerprint density at radius 3 is 2.29 bits per heavy atom. The third-order valence-corrected chi connectivity index (χ3v) is 7.11. The van der Waals surface area contributed by atoms with Gasteiger partial charge in [0, 0.05) is 52.7 Å². The highest BCUT2D eigenvalue weighted by Gasteiger charge is 2.75. The summed E-state index contributed by atoms with van der Waals surface area (Å²) < 4.78 is 91.1. The molecule has 186 valence electrons. The molecule has 0 radical (unpaired) electrons. The van der Waals surface area contributed by atoms with Gasteiger partial charge in [-0.1, -0.05) is 13.8 Å². The van der Waals surface area contributed by atoms with Gasteiger partial charge in [-0.15, -0.1) is 0 Å². The standard InChI is InChI=1S/C24H19F6NO4/c1-21(2)10-35-23(8-22(9-23,20(33)34)24(28,29)30)18-17-15(5-11(25)6-16(17)32)31(19(18)21)12-3-4-13(26)14(27)7-12/h3-7,32H,8-10H2,1-2H3,(H,33,34)/t22-,23-. The highest BCUT2D eigenvalue weighted by molar-refractivity contribution is 5.95. The van der Waals surface area contributed by atoms with E-state index < -0.39 is 64.6 Å². The molecule has 35 heavy (non-hydrogen) atoms. The number of phenolic OH excluding ortho intramolecular Hbond substituents is 1. The number of carboxylic acids is 1. The number of halogens is 6. The summed E-state index contributed by atoms with van der Waals surface area (Å²) in [6, 6.07) is 4.72. The lowest BCUT2D eigenvalue weighted by Gasteiger charge is -2.57. The van der Waals surface area contributed by atoms with Gasteiger partial charge in [-0.25, -0.2) is 13.2 Å². The van der Waals surface area contributed by atoms with Crippen LogP contribution in [0.4, 0.5) is 26.3 Å². The van der Waals surface area contributed by atoms with Crippen LogP contribution in [0.15, 0.2) is 30.3 Å². The molecule has 5 nitrogen and oxygen atoms in total. The van der Waals surface area contributed by atoms with E-state index in [9.17, 15) is 41.4 Å². The summed E-state index contributed by atoms with van der Waals surface area (Å²) in [7, 11) is 0. The first-order valence-electron chi connectivity index (χ1n) is 10.6. The number of carboxylic acid groups (broad SMARTS) is 1. The fourth-order valence-corrected chi connectivity index (χ4v) is 5.47. The maximum atomic E-state index is 14.4. The van der Waals surface area contributed by atoms with Crippen molar-refractivity contribution in [1.82, 2.24) is 4.57 Å². The number of phenols is 1. The van der Waals surface area contributed by atoms with E-state index in [1.165, 1.54) is 10.6 Å². The van der Waals surface area contributed by atoms with Crippen LogP contribution in [0.1, 0.15) is 37.9 Å². The molecule has 2 heterocycles.